The molecule has 0 radical (unpaired) electrons. The van der Waals surface area contributed by atoms with Crippen LogP contribution in [0.1, 0.15) is 32.3 Å². The lowest BCUT2D eigenvalue weighted by Crippen LogP contribution is -2.45. The zero-order chi connectivity index (χ0) is 15.2. The Balaban J connectivity index is 0.00000400. The molecule has 0 fully saturated rings. The van der Waals surface area contributed by atoms with Crippen LogP contribution in [0.3, 0.4) is 0 Å². The van der Waals surface area contributed by atoms with Crippen molar-refractivity contribution in [2.24, 2.45) is 11.1 Å². The van der Waals surface area contributed by atoms with Gasteiger partial charge in [0, 0.05) is 13.1 Å². The molecule has 3 N–H and O–H groups in total. The molecule has 0 heterocycles. The van der Waals surface area contributed by atoms with Gasteiger partial charge in [-0.2, -0.15) is 0 Å². The van der Waals surface area contributed by atoms with Crippen molar-refractivity contribution in [2.45, 2.75) is 33.1 Å². The molecule has 0 aromatic heterocycles. The maximum atomic E-state index is 12.3. The summed E-state index contributed by atoms with van der Waals surface area (Å²) in [5.74, 6) is 0.0168. The van der Waals surface area contributed by atoms with Crippen LogP contribution in [-0.4, -0.2) is 19.0 Å². The minimum Gasteiger partial charge on any atom is -0.355 e. The minimum atomic E-state index is -0.460. The van der Waals surface area contributed by atoms with Gasteiger partial charge in [-0.1, -0.05) is 49.2 Å². The number of nitrogens with two attached hydrogens (primary N) is 1. The molecule has 0 saturated carbocycles. The van der Waals surface area contributed by atoms with E-state index in [1.165, 1.54) is 0 Å². The molecular weight excluding hydrogens is 331 g/mol. The fraction of sp³-hybridized carbons (Fsp3) is 0.533. The van der Waals surface area contributed by atoms with E-state index in [0.717, 1.165) is 18.4 Å². The van der Waals surface area contributed by atoms with Gasteiger partial charge in [0.25, 0.3) is 0 Å². The van der Waals surface area contributed by atoms with Crippen molar-refractivity contribution in [1.29, 1.82) is 0 Å². The molecule has 0 unspecified atom stereocenters. The number of nitrogens with one attached hydrogen (secondary N) is 1. The van der Waals surface area contributed by atoms with Crippen LogP contribution in [-0.2, 0) is 11.2 Å². The van der Waals surface area contributed by atoms with Gasteiger partial charge in [-0.25, -0.2) is 0 Å². The van der Waals surface area contributed by atoms with Crippen LogP contribution in [0.15, 0.2) is 18.2 Å². The van der Waals surface area contributed by atoms with Crippen molar-refractivity contribution in [3.63, 3.8) is 0 Å². The Bertz CT molecular complexity index is 454. The van der Waals surface area contributed by atoms with Crippen molar-refractivity contribution in [2.75, 3.05) is 13.1 Å². The molecule has 0 aliphatic carbocycles. The number of amides is 1. The first-order valence-corrected chi connectivity index (χ1v) is 7.67. The van der Waals surface area contributed by atoms with Crippen LogP contribution in [0.25, 0.3) is 0 Å². The van der Waals surface area contributed by atoms with Crippen molar-refractivity contribution >= 4 is 41.5 Å². The zero-order valence-corrected chi connectivity index (χ0v) is 14.7. The van der Waals surface area contributed by atoms with Gasteiger partial charge in [0.15, 0.2) is 0 Å². The van der Waals surface area contributed by atoms with Crippen LogP contribution < -0.4 is 11.1 Å². The summed E-state index contributed by atoms with van der Waals surface area (Å²) in [7, 11) is 0. The number of carbonyl (C=O) groups excluding carboxylic acids is 1. The zero-order valence-electron chi connectivity index (χ0n) is 12.4. The summed E-state index contributed by atoms with van der Waals surface area (Å²) in [5, 5.41) is 4.04. The molecule has 1 aromatic rings. The average Bonchev–Trinajstić information content (AvgIpc) is 2.46. The lowest BCUT2D eigenvalue weighted by molar-refractivity contribution is -0.131. The molecule has 1 amide bonds. The molecule has 0 saturated heterocycles. The maximum Gasteiger partial charge on any atom is 0.227 e. The predicted molar refractivity (Wildman–Crippen MR) is 92.5 cm³/mol. The Morgan fingerprint density at radius 3 is 2.43 bits per heavy atom. The first kappa shape index (κ1) is 20.5. The third-order valence-electron chi connectivity index (χ3n) is 3.94. The van der Waals surface area contributed by atoms with Crippen molar-refractivity contribution in [3.8, 4) is 0 Å². The van der Waals surface area contributed by atoms with Gasteiger partial charge in [-0.15, -0.1) is 12.4 Å². The maximum absolute atomic E-state index is 12.3. The van der Waals surface area contributed by atoms with E-state index in [9.17, 15) is 4.79 Å². The lowest BCUT2D eigenvalue weighted by atomic mass is 9.81. The van der Waals surface area contributed by atoms with E-state index in [1.807, 2.05) is 26.0 Å². The Labute approximate surface area is 143 Å². The summed E-state index contributed by atoms with van der Waals surface area (Å²) in [4.78, 5) is 12.3. The fourth-order valence-electron chi connectivity index (χ4n) is 2.19. The first-order chi connectivity index (χ1) is 9.50. The second kappa shape index (κ2) is 9.52. The summed E-state index contributed by atoms with van der Waals surface area (Å²) in [6.45, 7) is 4.87. The monoisotopic (exact) mass is 352 g/mol. The molecular formula is C15H23Cl3N2O. The first-order valence-electron chi connectivity index (χ1n) is 6.92. The second-order valence-electron chi connectivity index (χ2n) is 4.91. The molecule has 3 nitrogen and oxygen atoms in total. The van der Waals surface area contributed by atoms with Gasteiger partial charge in [0.2, 0.25) is 5.91 Å². The highest BCUT2D eigenvalue weighted by molar-refractivity contribution is 6.42. The van der Waals surface area contributed by atoms with E-state index in [4.69, 9.17) is 28.9 Å². The summed E-state index contributed by atoms with van der Waals surface area (Å²) in [6, 6.07) is 5.52. The van der Waals surface area contributed by atoms with Crippen LogP contribution in [0, 0.1) is 5.41 Å². The topological polar surface area (TPSA) is 55.1 Å². The van der Waals surface area contributed by atoms with Gasteiger partial charge in [-0.05, 0) is 30.9 Å². The molecule has 0 spiro atoms. The predicted octanol–water partition coefficient (Wildman–Crippen LogP) is 3.84. The van der Waals surface area contributed by atoms with Crippen molar-refractivity contribution < 1.29 is 4.79 Å². The minimum absolute atomic E-state index is 0. The summed E-state index contributed by atoms with van der Waals surface area (Å²) in [5.41, 5.74) is 6.23. The third-order valence-corrected chi connectivity index (χ3v) is 4.80. The van der Waals surface area contributed by atoms with Crippen LogP contribution in [0.4, 0.5) is 0 Å². The fourth-order valence-corrected chi connectivity index (χ4v) is 2.61. The Hall–Kier alpha value is -0.480. The van der Waals surface area contributed by atoms with Crippen LogP contribution in [0.2, 0.25) is 10.0 Å². The summed E-state index contributed by atoms with van der Waals surface area (Å²) < 4.78 is 0. The number of rotatable bonds is 7. The van der Waals surface area contributed by atoms with E-state index in [2.05, 4.69) is 5.32 Å². The highest BCUT2D eigenvalue weighted by Gasteiger charge is 2.32. The summed E-state index contributed by atoms with van der Waals surface area (Å²) in [6.07, 6.45) is 2.13. The van der Waals surface area contributed by atoms with Gasteiger partial charge < -0.3 is 11.1 Å². The number of carbonyl (C=O) groups is 1. The molecule has 21 heavy (non-hydrogen) atoms. The highest BCUT2D eigenvalue weighted by atomic mass is 35.5. The van der Waals surface area contributed by atoms with Gasteiger partial charge in [0.05, 0.1) is 15.5 Å². The standard InChI is InChI=1S/C15H22Cl2N2O.ClH/c1-3-15(4-2,10-18)14(20)19-9-8-11-6-5-7-12(16)13(11)17;/h5-7H,3-4,8-10,18H2,1-2H3,(H,19,20);1H. The molecule has 6 heteroatoms. The molecule has 0 aliphatic rings. The van der Waals surface area contributed by atoms with E-state index in [0.29, 0.717) is 29.6 Å². The van der Waals surface area contributed by atoms with E-state index < -0.39 is 5.41 Å². The van der Waals surface area contributed by atoms with Crippen molar-refractivity contribution in [3.05, 3.63) is 33.8 Å². The number of halogens is 3. The number of hydrogen-bond donors (Lipinski definition) is 2. The molecule has 0 aliphatic heterocycles. The summed E-state index contributed by atoms with van der Waals surface area (Å²) >= 11 is 12.1. The Morgan fingerprint density at radius 2 is 1.90 bits per heavy atom. The van der Waals surface area contributed by atoms with E-state index >= 15 is 0 Å². The van der Waals surface area contributed by atoms with Gasteiger partial charge >= 0.3 is 0 Å². The second-order valence-corrected chi connectivity index (χ2v) is 5.70. The van der Waals surface area contributed by atoms with Crippen LogP contribution >= 0.6 is 35.6 Å². The van der Waals surface area contributed by atoms with E-state index in [-0.39, 0.29) is 18.3 Å². The smallest absolute Gasteiger partial charge is 0.227 e. The molecule has 1 rings (SSSR count). The lowest BCUT2D eigenvalue weighted by Gasteiger charge is -2.28. The highest BCUT2D eigenvalue weighted by Crippen LogP contribution is 2.26. The van der Waals surface area contributed by atoms with Crippen molar-refractivity contribution in [1.82, 2.24) is 5.32 Å². The largest absolute Gasteiger partial charge is 0.355 e. The number of benzene rings is 1. The van der Waals surface area contributed by atoms with Crippen LogP contribution in [0.5, 0.6) is 0 Å². The van der Waals surface area contributed by atoms with Gasteiger partial charge in [-0.3, -0.25) is 4.79 Å². The quantitative estimate of drug-likeness (QED) is 0.782. The van der Waals surface area contributed by atoms with Gasteiger partial charge in [0.1, 0.15) is 0 Å². The van der Waals surface area contributed by atoms with E-state index in [1.54, 1.807) is 6.07 Å². The normalized spacial score (nSPS) is 10.9. The molecule has 1 aromatic carbocycles. The Kier molecular flexibility index (Phi) is 9.30. The molecule has 0 bridgehead atoms. The average molecular weight is 354 g/mol. The third kappa shape index (κ3) is 5.03. The SMILES string of the molecule is CCC(CC)(CN)C(=O)NCCc1cccc(Cl)c1Cl.Cl. The molecule has 120 valence electrons. The Morgan fingerprint density at radius 1 is 1.29 bits per heavy atom. The number of hydrogen-bond acceptors (Lipinski definition) is 2. The molecule has 0 atom stereocenters.